The molecule has 0 spiro atoms. The van der Waals surface area contributed by atoms with Gasteiger partial charge in [0.1, 0.15) is 17.2 Å². The van der Waals surface area contributed by atoms with Gasteiger partial charge < -0.3 is 5.32 Å². The fourth-order valence-corrected chi connectivity index (χ4v) is 2.11. The Hall–Kier alpha value is -2.17. The van der Waals surface area contributed by atoms with Crippen molar-refractivity contribution in [2.75, 3.05) is 0 Å². The summed E-state index contributed by atoms with van der Waals surface area (Å²) in [6.45, 7) is 0. The summed E-state index contributed by atoms with van der Waals surface area (Å²) in [6, 6.07) is 13.5. The second kappa shape index (κ2) is 4.57. The minimum absolute atomic E-state index is 0.118. The number of rotatable bonds is 1. The van der Waals surface area contributed by atoms with Crippen LogP contribution in [-0.2, 0) is 0 Å². The van der Waals surface area contributed by atoms with E-state index in [2.05, 4.69) is 5.32 Å². The molecule has 0 amide bonds. The summed E-state index contributed by atoms with van der Waals surface area (Å²) in [6.07, 6.45) is 0. The van der Waals surface area contributed by atoms with Crippen LogP contribution in [0, 0.1) is 22.7 Å². The molecule has 4 heteroatoms. The Bertz CT molecular complexity index is 528. The SMILES string of the molecule is N#CC(C#N)=C1NC(c2ccccc2)=CS1. The van der Waals surface area contributed by atoms with Gasteiger partial charge >= 0.3 is 0 Å². The quantitative estimate of drug-likeness (QED) is 0.746. The maximum absolute atomic E-state index is 8.74. The lowest BCUT2D eigenvalue weighted by Crippen LogP contribution is -2.05. The van der Waals surface area contributed by atoms with Crippen molar-refractivity contribution < 1.29 is 0 Å². The molecule has 0 aromatic heterocycles. The molecule has 1 N–H and O–H groups in total. The molecule has 1 heterocycles. The van der Waals surface area contributed by atoms with Gasteiger partial charge in [0.2, 0.25) is 0 Å². The van der Waals surface area contributed by atoms with Crippen LogP contribution < -0.4 is 5.32 Å². The summed E-state index contributed by atoms with van der Waals surface area (Å²) < 4.78 is 0. The van der Waals surface area contributed by atoms with Crippen molar-refractivity contribution in [1.29, 1.82) is 10.5 Å². The second-order valence-corrected chi connectivity index (χ2v) is 3.95. The van der Waals surface area contributed by atoms with Crippen molar-refractivity contribution in [2.45, 2.75) is 0 Å². The van der Waals surface area contributed by atoms with Gasteiger partial charge in [-0.2, -0.15) is 10.5 Å². The summed E-state index contributed by atoms with van der Waals surface area (Å²) in [5.74, 6) is 0. The highest BCUT2D eigenvalue weighted by Gasteiger charge is 2.15. The van der Waals surface area contributed by atoms with E-state index in [0.29, 0.717) is 5.03 Å². The molecule has 76 valence electrons. The standard InChI is InChI=1S/C12H7N3S/c13-6-10(7-14)12-15-11(8-16-12)9-4-2-1-3-5-9/h1-5,8,15H. The first-order valence-electron chi connectivity index (χ1n) is 4.59. The van der Waals surface area contributed by atoms with Crippen molar-refractivity contribution in [1.82, 2.24) is 5.32 Å². The molecular weight excluding hydrogens is 218 g/mol. The zero-order chi connectivity index (χ0) is 11.4. The zero-order valence-corrected chi connectivity index (χ0v) is 9.08. The molecule has 1 aliphatic rings. The Morgan fingerprint density at radius 1 is 1.12 bits per heavy atom. The predicted molar refractivity (Wildman–Crippen MR) is 63.4 cm³/mol. The fraction of sp³-hybridized carbons (Fsp3) is 0. The molecule has 0 saturated heterocycles. The number of nitrogens with one attached hydrogen (secondary N) is 1. The zero-order valence-electron chi connectivity index (χ0n) is 8.27. The number of benzene rings is 1. The number of nitrogens with zero attached hydrogens (tertiary/aromatic N) is 2. The molecular formula is C12H7N3S. The average Bonchev–Trinajstić information content (AvgIpc) is 2.81. The molecule has 0 aliphatic carbocycles. The third-order valence-corrected chi connectivity index (χ3v) is 2.97. The van der Waals surface area contributed by atoms with Gasteiger partial charge in [0.25, 0.3) is 0 Å². The van der Waals surface area contributed by atoms with Gasteiger partial charge in [-0.3, -0.25) is 0 Å². The van der Waals surface area contributed by atoms with Crippen LogP contribution in [-0.4, -0.2) is 0 Å². The number of allylic oxidation sites excluding steroid dienone is 1. The van der Waals surface area contributed by atoms with Gasteiger partial charge in [-0.1, -0.05) is 42.1 Å². The Kier molecular flexibility index (Phi) is 2.95. The third kappa shape index (κ3) is 1.93. The van der Waals surface area contributed by atoms with Crippen molar-refractivity contribution in [3.05, 3.63) is 51.9 Å². The van der Waals surface area contributed by atoms with Crippen molar-refractivity contribution >= 4 is 17.5 Å². The van der Waals surface area contributed by atoms with Gasteiger partial charge in [0.05, 0.1) is 5.70 Å². The van der Waals surface area contributed by atoms with E-state index in [1.54, 1.807) is 0 Å². The van der Waals surface area contributed by atoms with Gasteiger partial charge in [0, 0.05) is 5.41 Å². The number of hydrogen-bond donors (Lipinski definition) is 1. The smallest absolute Gasteiger partial charge is 0.160 e. The Labute approximate surface area is 97.7 Å². The largest absolute Gasteiger partial charge is 0.347 e. The first-order chi connectivity index (χ1) is 7.85. The predicted octanol–water partition coefficient (Wildman–Crippen LogP) is 2.58. The van der Waals surface area contributed by atoms with Crippen LogP contribution in [0.4, 0.5) is 0 Å². The lowest BCUT2D eigenvalue weighted by molar-refractivity contribution is 1.19. The van der Waals surface area contributed by atoms with Crippen LogP contribution in [0.15, 0.2) is 46.3 Å². The van der Waals surface area contributed by atoms with Gasteiger partial charge in [-0.25, -0.2) is 0 Å². The molecule has 0 radical (unpaired) electrons. The van der Waals surface area contributed by atoms with E-state index < -0.39 is 0 Å². The summed E-state index contributed by atoms with van der Waals surface area (Å²) in [7, 11) is 0. The van der Waals surface area contributed by atoms with E-state index in [1.165, 1.54) is 11.8 Å². The molecule has 0 saturated carbocycles. The van der Waals surface area contributed by atoms with Gasteiger partial charge in [-0.05, 0) is 5.56 Å². The first kappa shape index (κ1) is 10.4. The number of hydrogen-bond acceptors (Lipinski definition) is 4. The van der Waals surface area contributed by atoms with Gasteiger partial charge in [-0.15, -0.1) is 0 Å². The average molecular weight is 225 g/mol. The van der Waals surface area contributed by atoms with E-state index in [0.717, 1.165) is 11.3 Å². The van der Waals surface area contributed by atoms with E-state index in [-0.39, 0.29) is 5.57 Å². The molecule has 1 aromatic rings. The lowest BCUT2D eigenvalue weighted by Gasteiger charge is -2.04. The number of nitriles is 2. The summed E-state index contributed by atoms with van der Waals surface area (Å²) in [4.78, 5) is 0. The van der Waals surface area contributed by atoms with Crippen molar-refractivity contribution in [2.24, 2.45) is 0 Å². The summed E-state index contributed by atoms with van der Waals surface area (Å²) >= 11 is 1.36. The fourth-order valence-electron chi connectivity index (χ4n) is 1.30. The van der Waals surface area contributed by atoms with Crippen LogP contribution in [0.25, 0.3) is 5.70 Å². The summed E-state index contributed by atoms with van der Waals surface area (Å²) in [5.41, 5.74) is 2.08. The molecule has 0 fully saturated rings. The van der Waals surface area contributed by atoms with Crippen LogP contribution in [0.2, 0.25) is 0 Å². The maximum atomic E-state index is 8.74. The Balaban J connectivity index is 2.25. The Morgan fingerprint density at radius 3 is 2.44 bits per heavy atom. The monoisotopic (exact) mass is 225 g/mol. The molecule has 3 nitrogen and oxygen atoms in total. The minimum atomic E-state index is 0.118. The summed E-state index contributed by atoms with van der Waals surface area (Å²) in [5, 5.41) is 23.0. The van der Waals surface area contributed by atoms with Crippen LogP contribution in [0.3, 0.4) is 0 Å². The normalized spacial score (nSPS) is 13.4. The third-order valence-electron chi connectivity index (χ3n) is 2.08. The van der Waals surface area contributed by atoms with E-state index >= 15 is 0 Å². The van der Waals surface area contributed by atoms with Crippen LogP contribution >= 0.6 is 11.8 Å². The van der Waals surface area contributed by atoms with Crippen molar-refractivity contribution in [3.8, 4) is 12.1 Å². The maximum Gasteiger partial charge on any atom is 0.160 e. The van der Waals surface area contributed by atoms with Gasteiger partial charge in [0.15, 0.2) is 5.57 Å². The highest BCUT2D eigenvalue weighted by Crippen LogP contribution is 2.31. The molecule has 2 rings (SSSR count). The topological polar surface area (TPSA) is 59.6 Å². The molecule has 1 aliphatic heterocycles. The molecule has 0 bridgehead atoms. The molecule has 1 aromatic carbocycles. The van der Waals surface area contributed by atoms with Crippen LogP contribution in [0.1, 0.15) is 5.56 Å². The number of thioether (sulfide) groups is 1. The van der Waals surface area contributed by atoms with Crippen molar-refractivity contribution in [3.63, 3.8) is 0 Å². The molecule has 0 unspecified atom stereocenters. The molecule has 16 heavy (non-hydrogen) atoms. The Morgan fingerprint density at radius 2 is 1.81 bits per heavy atom. The first-order valence-corrected chi connectivity index (χ1v) is 5.47. The molecule has 0 atom stereocenters. The second-order valence-electron chi connectivity index (χ2n) is 3.07. The van der Waals surface area contributed by atoms with E-state index in [1.807, 2.05) is 47.9 Å². The minimum Gasteiger partial charge on any atom is -0.347 e. The van der Waals surface area contributed by atoms with Crippen LogP contribution in [0.5, 0.6) is 0 Å². The highest BCUT2D eigenvalue weighted by molar-refractivity contribution is 8.06. The van der Waals surface area contributed by atoms with E-state index in [9.17, 15) is 0 Å². The highest BCUT2D eigenvalue weighted by atomic mass is 32.2. The lowest BCUT2D eigenvalue weighted by atomic mass is 10.2. The van der Waals surface area contributed by atoms with E-state index in [4.69, 9.17) is 10.5 Å².